The van der Waals surface area contributed by atoms with Crippen LogP contribution < -0.4 is 10.2 Å². The van der Waals surface area contributed by atoms with Crippen molar-refractivity contribution in [2.24, 2.45) is 0 Å². The Bertz CT molecular complexity index is 1200. The van der Waals surface area contributed by atoms with E-state index in [1.165, 1.54) is 17.5 Å². The third kappa shape index (κ3) is 5.53. The molecule has 3 aromatic rings. The molecular weight excluding hydrogens is 512 g/mol. The molecule has 0 unspecified atom stereocenters. The third-order valence-corrected chi connectivity index (χ3v) is 5.91. The average molecular weight is 535 g/mol. The van der Waals surface area contributed by atoms with E-state index in [1.807, 2.05) is 25.7 Å². The molecule has 0 saturated carbocycles. The fourth-order valence-corrected chi connectivity index (χ4v) is 4.40. The summed E-state index contributed by atoms with van der Waals surface area (Å²) in [4.78, 5) is 51.2. The topological polar surface area (TPSA) is 126 Å². The fraction of sp³-hybridized carbons (Fsp3) is 0.450. The summed E-state index contributed by atoms with van der Waals surface area (Å²) in [5.74, 6) is 0.691. The zero-order valence-electron chi connectivity index (χ0n) is 18.6. The molecule has 2 amide bonds. The predicted octanol–water partition coefficient (Wildman–Crippen LogP) is 3.26. The van der Waals surface area contributed by atoms with Gasteiger partial charge in [-0.3, -0.25) is 10.1 Å². The van der Waals surface area contributed by atoms with Crippen molar-refractivity contribution >= 4 is 60.7 Å². The zero-order valence-corrected chi connectivity index (χ0v) is 21.0. The summed E-state index contributed by atoms with van der Waals surface area (Å²) >= 11 is 4.51. The number of piperazine rings is 1. The number of rotatable bonds is 3. The Kier molecular flexibility index (Phi) is 6.43. The number of nitrogens with one attached hydrogen (secondary N) is 1. The molecule has 0 radical (unpaired) electrons. The van der Waals surface area contributed by atoms with E-state index >= 15 is 0 Å². The van der Waals surface area contributed by atoms with Crippen molar-refractivity contribution in [3.63, 3.8) is 0 Å². The molecule has 4 rings (SSSR count). The first-order chi connectivity index (χ1) is 15.6. The number of amides is 2. The standard InChI is InChI=1S/C20H23BrN8O3S/c1-11-22-9-12(16(30)27-18-26-14-17(33-18)25-13(21)10-23-14)15(24-11)28-5-7-29(8-6-28)19(31)32-20(2,3)4/h9-10H,5-8H2,1-4H3,(H,23,26,27,30). The molecule has 3 aromatic heterocycles. The summed E-state index contributed by atoms with van der Waals surface area (Å²) in [5, 5.41) is 3.18. The van der Waals surface area contributed by atoms with Gasteiger partial charge in [0.25, 0.3) is 5.91 Å². The van der Waals surface area contributed by atoms with Crippen LogP contribution in [0.4, 0.5) is 15.7 Å². The Morgan fingerprint density at radius 2 is 1.82 bits per heavy atom. The molecule has 1 saturated heterocycles. The van der Waals surface area contributed by atoms with Gasteiger partial charge in [0.05, 0.1) is 6.20 Å². The van der Waals surface area contributed by atoms with Crippen molar-refractivity contribution in [3.8, 4) is 0 Å². The van der Waals surface area contributed by atoms with Crippen molar-refractivity contribution in [2.75, 3.05) is 36.4 Å². The number of hydrogen-bond donors (Lipinski definition) is 1. The average Bonchev–Trinajstić information content (AvgIpc) is 3.13. The number of thiazole rings is 1. The molecule has 4 heterocycles. The van der Waals surface area contributed by atoms with Crippen LogP contribution in [0.25, 0.3) is 10.5 Å². The summed E-state index contributed by atoms with van der Waals surface area (Å²) in [6, 6.07) is 0. The monoisotopic (exact) mass is 534 g/mol. The highest BCUT2D eigenvalue weighted by molar-refractivity contribution is 9.10. The molecule has 33 heavy (non-hydrogen) atoms. The SMILES string of the molecule is Cc1ncc(C(=O)Nc2nc3ncc(Br)nc3s2)c(N2CCN(C(=O)OC(C)(C)C)CC2)n1. The van der Waals surface area contributed by atoms with Gasteiger partial charge in [-0.05, 0) is 43.6 Å². The lowest BCUT2D eigenvalue weighted by Gasteiger charge is -2.36. The Balaban J connectivity index is 1.49. The summed E-state index contributed by atoms with van der Waals surface area (Å²) in [5.41, 5.74) is 0.232. The zero-order chi connectivity index (χ0) is 23.8. The molecular formula is C20H23BrN8O3S. The van der Waals surface area contributed by atoms with Crippen molar-refractivity contribution in [3.05, 3.63) is 28.4 Å². The van der Waals surface area contributed by atoms with Crippen LogP contribution in [0.1, 0.15) is 37.0 Å². The predicted molar refractivity (Wildman–Crippen MR) is 128 cm³/mol. The van der Waals surface area contributed by atoms with Crippen LogP contribution >= 0.6 is 27.3 Å². The Labute approximate surface area is 202 Å². The molecule has 1 aliphatic rings. The van der Waals surface area contributed by atoms with Gasteiger partial charge in [0.1, 0.15) is 27.4 Å². The Hall–Kier alpha value is -2.93. The number of aromatic nitrogens is 5. The highest BCUT2D eigenvalue weighted by Crippen LogP contribution is 2.26. The van der Waals surface area contributed by atoms with Crippen LogP contribution in [0.3, 0.4) is 0 Å². The van der Waals surface area contributed by atoms with Crippen LogP contribution in [0.2, 0.25) is 0 Å². The summed E-state index contributed by atoms with van der Waals surface area (Å²) < 4.78 is 6.05. The smallest absolute Gasteiger partial charge is 0.410 e. The number of carbonyl (C=O) groups excluding carboxylic acids is 2. The molecule has 13 heteroatoms. The van der Waals surface area contributed by atoms with Crippen molar-refractivity contribution in [1.82, 2.24) is 29.8 Å². The van der Waals surface area contributed by atoms with Gasteiger partial charge in [-0.15, -0.1) is 0 Å². The number of nitrogens with zero attached hydrogens (tertiary/aromatic N) is 7. The number of aryl methyl sites for hydroxylation is 1. The first kappa shape index (κ1) is 23.2. The van der Waals surface area contributed by atoms with E-state index in [0.29, 0.717) is 63.6 Å². The van der Waals surface area contributed by atoms with Gasteiger partial charge in [0, 0.05) is 32.4 Å². The molecule has 0 bridgehead atoms. The highest BCUT2D eigenvalue weighted by Gasteiger charge is 2.28. The van der Waals surface area contributed by atoms with Crippen molar-refractivity contribution < 1.29 is 14.3 Å². The minimum atomic E-state index is -0.551. The van der Waals surface area contributed by atoms with Crippen molar-refractivity contribution in [1.29, 1.82) is 0 Å². The molecule has 11 nitrogen and oxygen atoms in total. The Morgan fingerprint density at radius 1 is 1.09 bits per heavy atom. The fourth-order valence-electron chi connectivity index (χ4n) is 3.21. The van der Waals surface area contributed by atoms with E-state index < -0.39 is 5.60 Å². The van der Waals surface area contributed by atoms with E-state index in [9.17, 15) is 9.59 Å². The molecule has 0 spiro atoms. The molecule has 1 N–H and O–H groups in total. The lowest BCUT2D eigenvalue weighted by Crippen LogP contribution is -2.50. The number of anilines is 2. The third-order valence-electron chi connectivity index (χ3n) is 4.68. The molecule has 0 aliphatic carbocycles. The van der Waals surface area contributed by atoms with Gasteiger partial charge >= 0.3 is 6.09 Å². The van der Waals surface area contributed by atoms with E-state index in [4.69, 9.17) is 4.74 Å². The van der Waals surface area contributed by atoms with Gasteiger partial charge in [-0.25, -0.2) is 24.7 Å². The second kappa shape index (κ2) is 9.14. The normalized spacial score (nSPS) is 14.5. The van der Waals surface area contributed by atoms with E-state index in [0.717, 1.165) is 0 Å². The van der Waals surface area contributed by atoms with Gasteiger partial charge < -0.3 is 14.5 Å². The highest BCUT2D eigenvalue weighted by atomic mass is 79.9. The maximum absolute atomic E-state index is 13.1. The second-order valence-electron chi connectivity index (χ2n) is 8.40. The number of carbonyl (C=O) groups is 2. The Morgan fingerprint density at radius 3 is 2.52 bits per heavy atom. The van der Waals surface area contributed by atoms with E-state index in [-0.39, 0.29) is 12.0 Å². The van der Waals surface area contributed by atoms with Crippen LogP contribution in [0, 0.1) is 6.92 Å². The number of ether oxygens (including phenoxy) is 1. The first-order valence-corrected chi connectivity index (χ1v) is 11.9. The molecule has 0 atom stereocenters. The van der Waals surface area contributed by atoms with Gasteiger partial charge in [-0.2, -0.15) is 4.98 Å². The maximum Gasteiger partial charge on any atom is 0.410 e. The lowest BCUT2D eigenvalue weighted by molar-refractivity contribution is 0.0240. The molecule has 174 valence electrons. The number of hydrogen-bond acceptors (Lipinski definition) is 10. The minimum absolute atomic E-state index is 0.327. The van der Waals surface area contributed by atoms with Gasteiger partial charge in [0.15, 0.2) is 15.6 Å². The largest absolute Gasteiger partial charge is 0.444 e. The van der Waals surface area contributed by atoms with Crippen LogP contribution in [-0.4, -0.2) is 73.6 Å². The lowest BCUT2D eigenvalue weighted by atomic mass is 10.2. The quantitative estimate of drug-likeness (QED) is 0.538. The van der Waals surface area contributed by atoms with Gasteiger partial charge in [-0.1, -0.05) is 11.3 Å². The van der Waals surface area contributed by atoms with Crippen LogP contribution in [0.15, 0.2) is 17.0 Å². The first-order valence-electron chi connectivity index (χ1n) is 10.3. The molecule has 1 fully saturated rings. The van der Waals surface area contributed by atoms with E-state index in [1.54, 1.807) is 18.0 Å². The minimum Gasteiger partial charge on any atom is -0.444 e. The van der Waals surface area contributed by atoms with Crippen molar-refractivity contribution in [2.45, 2.75) is 33.3 Å². The number of halogens is 1. The summed E-state index contributed by atoms with van der Waals surface area (Å²) in [6.07, 6.45) is 2.72. The summed E-state index contributed by atoms with van der Waals surface area (Å²) in [7, 11) is 0. The second-order valence-corrected chi connectivity index (χ2v) is 10.2. The summed E-state index contributed by atoms with van der Waals surface area (Å²) in [6.45, 7) is 9.24. The van der Waals surface area contributed by atoms with E-state index in [2.05, 4.69) is 46.2 Å². The number of fused-ring (bicyclic) bond motifs is 1. The van der Waals surface area contributed by atoms with Crippen LogP contribution in [0.5, 0.6) is 0 Å². The van der Waals surface area contributed by atoms with Crippen LogP contribution in [-0.2, 0) is 4.74 Å². The molecule has 0 aromatic carbocycles. The molecule has 1 aliphatic heterocycles. The van der Waals surface area contributed by atoms with Gasteiger partial charge in [0.2, 0.25) is 0 Å². The maximum atomic E-state index is 13.1.